The molecule has 2 aromatic rings. The zero-order valence-electron chi connectivity index (χ0n) is 12.9. The van der Waals surface area contributed by atoms with Gasteiger partial charge in [-0.05, 0) is 29.7 Å². The van der Waals surface area contributed by atoms with Gasteiger partial charge in [-0.1, -0.05) is 52.0 Å². The molecule has 108 valence electrons. The molecule has 0 radical (unpaired) electrons. The molecule has 0 amide bonds. The SMILES string of the molecule is CCNC(c1ccc(C(C)C)cc1)c1ccoc1CC. The fourth-order valence-corrected chi connectivity index (χ4v) is 2.58. The van der Waals surface area contributed by atoms with E-state index in [0.717, 1.165) is 18.7 Å². The summed E-state index contributed by atoms with van der Waals surface area (Å²) in [7, 11) is 0. The summed E-state index contributed by atoms with van der Waals surface area (Å²) in [5.74, 6) is 1.64. The maximum Gasteiger partial charge on any atom is 0.108 e. The first kappa shape index (κ1) is 14.9. The van der Waals surface area contributed by atoms with Crippen LogP contribution in [0.4, 0.5) is 0 Å². The fourth-order valence-electron chi connectivity index (χ4n) is 2.58. The molecule has 0 saturated carbocycles. The third-order valence-corrected chi connectivity index (χ3v) is 3.76. The zero-order chi connectivity index (χ0) is 14.5. The van der Waals surface area contributed by atoms with E-state index in [4.69, 9.17) is 4.42 Å². The topological polar surface area (TPSA) is 25.2 Å². The number of aryl methyl sites for hydroxylation is 1. The lowest BCUT2D eigenvalue weighted by atomic mass is 9.95. The molecule has 1 aromatic heterocycles. The van der Waals surface area contributed by atoms with Crippen molar-refractivity contribution < 1.29 is 4.42 Å². The van der Waals surface area contributed by atoms with Crippen LogP contribution in [0.3, 0.4) is 0 Å². The molecule has 2 heteroatoms. The van der Waals surface area contributed by atoms with Gasteiger partial charge in [-0.2, -0.15) is 0 Å². The second-order valence-electron chi connectivity index (χ2n) is 5.46. The number of hydrogen-bond donors (Lipinski definition) is 1. The van der Waals surface area contributed by atoms with E-state index in [-0.39, 0.29) is 6.04 Å². The number of benzene rings is 1. The Morgan fingerprint density at radius 1 is 1.00 bits per heavy atom. The largest absolute Gasteiger partial charge is 0.469 e. The Morgan fingerprint density at radius 3 is 2.20 bits per heavy atom. The van der Waals surface area contributed by atoms with Crippen molar-refractivity contribution >= 4 is 0 Å². The molecule has 0 aliphatic rings. The number of nitrogens with one attached hydrogen (secondary N) is 1. The van der Waals surface area contributed by atoms with Gasteiger partial charge in [-0.15, -0.1) is 0 Å². The Kier molecular flexibility index (Phi) is 5.02. The van der Waals surface area contributed by atoms with Gasteiger partial charge in [0, 0.05) is 12.0 Å². The minimum atomic E-state index is 0.218. The Balaban J connectivity index is 2.33. The van der Waals surface area contributed by atoms with Crippen molar-refractivity contribution in [2.24, 2.45) is 0 Å². The molecule has 20 heavy (non-hydrogen) atoms. The van der Waals surface area contributed by atoms with Gasteiger partial charge in [0.15, 0.2) is 0 Å². The van der Waals surface area contributed by atoms with E-state index in [0.29, 0.717) is 5.92 Å². The van der Waals surface area contributed by atoms with Crippen LogP contribution in [0.5, 0.6) is 0 Å². The molecule has 0 fully saturated rings. The molecule has 0 spiro atoms. The van der Waals surface area contributed by atoms with E-state index in [1.54, 1.807) is 6.26 Å². The standard InChI is InChI=1S/C18H25NO/c1-5-17-16(11-12-20-17)18(19-6-2)15-9-7-14(8-10-15)13(3)4/h7-13,18-19H,5-6H2,1-4H3. The minimum Gasteiger partial charge on any atom is -0.469 e. The Hall–Kier alpha value is -1.54. The highest BCUT2D eigenvalue weighted by Crippen LogP contribution is 2.27. The number of furan rings is 1. The van der Waals surface area contributed by atoms with Crippen molar-refractivity contribution in [3.05, 3.63) is 59.0 Å². The van der Waals surface area contributed by atoms with Crippen LogP contribution >= 0.6 is 0 Å². The molecule has 1 heterocycles. The second-order valence-corrected chi connectivity index (χ2v) is 5.46. The van der Waals surface area contributed by atoms with E-state index < -0.39 is 0 Å². The van der Waals surface area contributed by atoms with Crippen molar-refractivity contribution in [3.63, 3.8) is 0 Å². The highest BCUT2D eigenvalue weighted by atomic mass is 16.3. The highest BCUT2D eigenvalue weighted by Gasteiger charge is 2.18. The van der Waals surface area contributed by atoms with Crippen molar-refractivity contribution in [2.75, 3.05) is 6.54 Å². The molecule has 2 rings (SSSR count). The van der Waals surface area contributed by atoms with Crippen molar-refractivity contribution in [1.82, 2.24) is 5.32 Å². The van der Waals surface area contributed by atoms with Gasteiger partial charge in [0.1, 0.15) is 5.76 Å². The maximum atomic E-state index is 5.58. The zero-order valence-corrected chi connectivity index (χ0v) is 12.9. The molecule has 0 saturated heterocycles. The van der Waals surface area contributed by atoms with E-state index in [9.17, 15) is 0 Å². The monoisotopic (exact) mass is 271 g/mol. The Bertz CT molecular complexity index is 525. The van der Waals surface area contributed by atoms with E-state index in [1.165, 1.54) is 16.7 Å². The van der Waals surface area contributed by atoms with E-state index in [1.807, 2.05) is 0 Å². The van der Waals surface area contributed by atoms with Crippen molar-refractivity contribution in [2.45, 2.75) is 46.1 Å². The van der Waals surface area contributed by atoms with Crippen LogP contribution in [-0.2, 0) is 6.42 Å². The van der Waals surface area contributed by atoms with Crippen LogP contribution in [0.15, 0.2) is 41.0 Å². The predicted octanol–water partition coefficient (Wildman–Crippen LogP) is 4.66. The number of hydrogen-bond acceptors (Lipinski definition) is 2. The van der Waals surface area contributed by atoms with Gasteiger partial charge < -0.3 is 9.73 Å². The van der Waals surface area contributed by atoms with Crippen molar-refractivity contribution in [1.29, 1.82) is 0 Å². The van der Waals surface area contributed by atoms with Crippen LogP contribution in [0, 0.1) is 0 Å². The molecule has 1 atom stereocenters. The summed E-state index contributed by atoms with van der Waals surface area (Å²) in [6.07, 6.45) is 2.72. The van der Waals surface area contributed by atoms with Gasteiger partial charge in [-0.25, -0.2) is 0 Å². The molecule has 1 unspecified atom stereocenters. The maximum absolute atomic E-state index is 5.58. The first-order valence-electron chi connectivity index (χ1n) is 7.56. The lowest BCUT2D eigenvalue weighted by Gasteiger charge is -2.19. The van der Waals surface area contributed by atoms with Crippen LogP contribution in [0.1, 0.15) is 62.1 Å². The summed E-state index contributed by atoms with van der Waals surface area (Å²) < 4.78 is 5.58. The molecule has 1 N–H and O–H groups in total. The number of rotatable bonds is 6. The van der Waals surface area contributed by atoms with Gasteiger partial charge in [0.2, 0.25) is 0 Å². The first-order valence-corrected chi connectivity index (χ1v) is 7.56. The minimum absolute atomic E-state index is 0.218. The van der Waals surface area contributed by atoms with Gasteiger partial charge >= 0.3 is 0 Å². The Labute approximate surface area is 122 Å². The molecular weight excluding hydrogens is 246 g/mol. The van der Waals surface area contributed by atoms with Gasteiger partial charge in [0.05, 0.1) is 12.3 Å². The lowest BCUT2D eigenvalue weighted by Crippen LogP contribution is -2.22. The molecule has 1 aromatic carbocycles. The summed E-state index contributed by atoms with van der Waals surface area (Å²) in [6.45, 7) is 9.66. The van der Waals surface area contributed by atoms with Crippen LogP contribution in [0.25, 0.3) is 0 Å². The molecule has 0 aliphatic heterocycles. The lowest BCUT2D eigenvalue weighted by molar-refractivity contribution is 0.502. The molecule has 0 aliphatic carbocycles. The predicted molar refractivity (Wildman–Crippen MR) is 84.1 cm³/mol. The van der Waals surface area contributed by atoms with Gasteiger partial charge in [0.25, 0.3) is 0 Å². The summed E-state index contributed by atoms with van der Waals surface area (Å²) in [5, 5.41) is 3.56. The second kappa shape index (κ2) is 6.76. The molecular formula is C18H25NO. The summed E-state index contributed by atoms with van der Waals surface area (Å²) in [5.41, 5.74) is 3.94. The summed E-state index contributed by atoms with van der Waals surface area (Å²) >= 11 is 0. The fraction of sp³-hybridized carbons (Fsp3) is 0.444. The normalized spacial score (nSPS) is 12.8. The van der Waals surface area contributed by atoms with Crippen LogP contribution in [0.2, 0.25) is 0 Å². The summed E-state index contributed by atoms with van der Waals surface area (Å²) in [6, 6.07) is 11.2. The third-order valence-electron chi connectivity index (χ3n) is 3.76. The molecule has 0 bridgehead atoms. The first-order chi connectivity index (χ1) is 9.67. The Morgan fingerprint density at radius 2 is 1.65 bits per heavy atom. The van der Waals surface area contributed by atoms with Crippen LogP contribution in [-0.4, -0.2) is 6.54 Å². The average molecular weight is 271 g/mol. The van der Waals surface area contributed by atoms with E-state index >= 15 is 0 Å². The highest BCUT2D eigenvalue weighted by molar-refractivity contribution is 5.35. The third kappa shape index (κ3) is 3.13. The average Bonchev–Trinajstić information content (AvgIpc) is 2.93. The molecule has 2 nitrogen and oxygen atoms in total. The smallest absolute Gasteiger partial charge is 0.108 e. The van der Waals surface area contributed by atoms with E-state index in [2.05, 4.69) is 63.3 Å². The summed E-state index contributed by atoms with van der Waals surface area (Å²) in [4.78, 5) is 0. The van der Waals surface area contributed by atoms with Crippen molar-refractivity contribution in [3.8, 4) is 0 Å². The quantitative estimate of drug-likeness (QED) is 0.826. The van der Waals surface area contributed by atoms with Gasteiger partial charge in [-0.3, -0.25) is 0 Å². The van der Waals surface area contributed by atoms with Crippen LogP contribution < -0.4 is 5.32 Å².